The van der Waals surface area contributed by atoms with Gasteiger partial charge < -0.3 is 10.0 Å². The number of carbonyl (C=O) groups is 2. The summed E-state index contributed by atoms with van der Waals surface area (Å²) in [7, 11) is 0. The predicted molar refractivity (Wildman–Crippen MR) is 70.1 cm³/mol. The van der Waals surface area contributed by atoms with Crippen molar-refractivity contribution < 1.29 is 14.7 Å². The molecule has 0 aromatic carbocycles. The molecule has 0 heterocycles. The molecule has 0 spiro atoms. The molecule has 0 bridgehead atoms. The van der Waals surface area contributed by atoms with Crippen LogP contribution in [0.1, 0.15) is 33.6 Å². The summed E-state index contributed by atoms with van der Waals surface area (Å²) in [5, 5.41) is 9.94. The summed E-state index contributed by atoms with van der Waals surface area (Å²) in [6.45, 7) is 10.1. The zero-order chi connectivity index (χ0) is 13.9. The van der Waals surface area contributed by atoms with Crippen molar-refractivity contribution in [3.63, 3.8) is 0 Å². The van der Waals surface area contributed by atoms with Crippen molar-refractivity contribution in [1.82, 2.24) is 4.90 Å². The summed E-state index contributed by atoms with van der Waals surface area (Å²) in [6, 6.07) is 0. The molecule has 18 heavy (non-hydrogen) atoms. The molecule has 0 saturated carbocycles. The lowest BCUT2D eigenvalue weighted by molar-refractivity contribution is -0.130. The number of hydrogen-bond donors (Lipinski definition) is 1. The highest BCUT2D eigenvalue weighted by Crippen LogP contribution is 2.36. The summed E-state index contributed by atoms with van der Waals surface area (Å²) in [4.78, 5) is 25.7. The molecule has 0 radical (unpaired) electrons. The first-order valence-corrected chi connectivity index (χ1v) is 6.18. The molecule has 1 aliphatic carbocycles. The van der Waals surface area contributed by atoms with Crippen molar-refractivity contribution in [2.24, 2.45) is 5.41 Å². The number of Topliss-reactive ketones (excluding diaryl/α,β-unsaturated/α-hetero) is 1. The molecular formula is C14H21NO3. The van der Waals surface area contributed by atoms with Crippen molar-refractivity contribution in [3.8, 4) is 0 Å². The Labute approximate surface area is 108 Å². The van der Waals surface area contributed by atoms with Crippen LogP contribution in [0.15, 0.2) is 24.0 Å². The van der Waals surface area contributed by atoms with Crippen molar-refractivity contribution in [1.29, 1.82) is 0 Å². The Hall–Kier alpha value is -1.58. The summed E-state index contributed by atoms with van der Waals surface area (Å²) < 4.78 is 0. The third kappa shape index (κ3) is 3.00. The molecule has 1 rings (SSSR count). The molecule has 1 aliphatic rings. The molecule has 0 atom stereocenters. The highest BCUT2D eigenvalue weighted by atomic mass is 16.3. The molecule has 0 fully saturated rings. The summed E-state index contributed by atoms with van der Waals surface area (Å²) in [5.41, 5.74) is -0.321. The Kier molecular flexibility index (Phi) is 4.33. The average molecular weight is 251 g/mol. The molecule has 4 nitrogen and oxygen atoms in total. The first-order chi connectivity index (χ1) is 8.32. The minimum absolute atomic E-state index is 0.0435. The van der Waals surface area contributed by atoms with Gasteiger partial charge in [0.05, 0.1) is 0 Å². The highest BCUT2D eigenvalue weighted by molar-refractivity contribution is 6.20. The first kappa shape index (κ1) is 14.5. The van der Waals surface area contributed by atoms with Gasteiger partial charge in [0.25, 0.3) is 5.91 Å². The number of nitrogens with zero attached hydrogens (tertiary/aromatic N) is 1. The molecule has 0 aromatic rings. The largest absolute Gasteiger partial charge is 0.511 e. The van der Waals surface area contributed by atoms with Crippen LogP contribution in [0, 0.1) is 5.41 Å². The monoisotopic (exact) mass is 251 g/mol. The van der Waals surface area contributed by atoms with E-state index in [-0.39, 0.29) is 22.5 Å². The van der Waals surface area contributed by atoms with Gasteiger partial charge in [0.15, 0.2) is 5.78 Å². The first-order valence-electron chi connectivity index (χ1n) is 6.18. The zero-order valence-corrected chi connectivity index (χ0v) is 11.3. The van der Waals surface area contributed by atoms with Crippen LogP contribution in [0.4, 0.5) is 0 Å². The van der Waals surface area contributed by atoms with Crippen LogP contribution in [-0.4, -0.2) is 34.8 Å². The second-order valence-corrected chi connectivity index (χ2v) is 5.40. The predicted octanol–water partition coefficient (Wildman–Crippen LogP) is 2.22. The van der Waals surface area contributed by atoms with Gasteiger partial charge in [0.1, 0.15) is 11.3 Å². The van der Waals surface area contributed by atoms with Crippen LogP contribution in [0.3, 0.4) is 0 Å². The topological polar surface area (TPSA) is 57.6 Å². The van der Waals surface area contributed by atoms with Crippen molar-refractivity contribution in [2.75, 3.05) is 13.1 Å². The fourth-order valence-corrected chi connectivity index (χ4v) is 2.20. The van der Waals surface area contributed by atoms with Gasteiger partial charge in [-0.25, -0.2) is 0 Å². The lowest BCUT2D eigenvalue weighted by Crippen LogP contribution is -2.38. The number of amides is 1. The average Bonchev–Trinajstić information content (AvgIpc) is 2.22. The van der Waals surface area contributed by atoms with E-state index in [9.17, 15) is 14.7 Å². The molecule has 0 saturated heterocycles. The maximum absolute atomic E-state index is 12.2. The number of hydrogen-bond acceptors (Lipinski definition) is 3. The third-order valence-corrected chi connectivity index (χ3v) is 3.08. The Morgan fingerprint density at radius 2 is 2.11 bits per heavy atom. The van der Waals surface area contributed by atoms with E-state index < -0.39 is 5.91 Å². The number of carbonyl (C=O) groups excluding carboxylic acids is 2. The third-order valence-electron chi connectivity index (χ3n) is 3.08. The lowest BCUT2D eigenvalue weighted by Gasteiger charge is -2.30. The molecule has 0 aliphatic heterocycles. The van der Waals surface area contributed by atoms with Crippen LogP contribution in [0.25, 0.3) is 0 Å². The van der Waals surface area contributed by atoms with Crippen LogP contribution in [0.5, 0.6) is 0 Å². The van der Waals surface area contributed by atoms with Gasteiger partial charge in [0.2, 0.25) is 0 Å². The summed E-state index contributed by atoms with van der Waals surface area (Å²) in [6.07, 6.45) is 2.27. The van der Waals surface area contributed by atoms with Gasteiger partial charge in [-0.3, -0.25) is 9.59 Å². The smallest absolute Gasteiger partial charge is 0.261 e. The Bertz CT molecular complexity index is 407. The number of rotatable bonds is 4. The molecule has 1 N–H and O–H groups in total. The van der Waals surface area contributed by atoms with Gasteiger partial charge in [-0.2, -0.15) is 0 Å². The summed E-state index contributed by atoms with van der Waals surface area (Å²) in [5.74, 6) is -0.740. The Balaban J connectivity index is 3.04. The van der Waals surface area contributed by atoms with E-state index in [1.165, 1.54) is 4.90 Å². The summed E-state index contributed by atoms with van der Waals surface area (Å²) >= 11 is 0. The Morgan fingerprint density at radius 3 is 2.56 bits per heavy atom. The maximum Gasteiger partial charge on any atom is 0.261 e. The molecule has 4 heteroatoms. The number of ketones is 1. The van der Waals surface area contributed by atoms with Gasteiger partial charge in [-0.05, 0) is 12.3 Å². The number of aliphatic hydroxyl groups is 1. The fraction of sp³-hybridized carbons (Fsp3) is 0.571. The van der Waals surface area contributed by atoms with E-state index in [4.69, 9.17) is 0 Å². The normalized spacial score (nSPS) is 18.7. The van der Waals surface area contributed by atoms with E-state index in [0.717, 1.165) is 0 Å². The van der Waals surface area contributed by atoms with E-state index in [2.05, 4.69) is 6.58 Å². The van der Waals surface area contributed by atoms with Crippen molar-refractivity contribution in [3.05, 3.63) is 24.0 Å². The molecule has 0 unspecified atom stereocenters. The molecular weight excluding hydrogens is 230 g/mol. The van der Waals surface area contributed by atoms with E-state index in [1.54, 1.807) is 6.08 Å². The van der Waals surface area contributed by atoms with Crippen molar-refractivity contribution >= 4 is 11.7 Å². The van der Waals surface area contributed by atoms with Crippen LogP contribution in [0.2, 0.25) is 0 Å². The minimum atomic E-state index is -0.393. The second kappa shape index (κ2) is 5.38. The maximum atomic E-state index is 12.2. The van der Waals surface area contributed by atoms with Crippen LogP contribution < -0.4 is 0 Å². The van der Waals surface area contributed by atoms with Crippen LogP contribution >= 0.6 is 0 Å². The van der Waals surface area contributed by atoms with Crippen LogP contribution in [-0.2, 0) is 9.59 Å². The Morgan fingerprint density at radius 1 is 1.50 bits per heavy atom. The standard InChI is InChI=1S/C14H21NO3/c1-5-7-15(6-2)13(18)12-10(16)8-14(3,4)9-11(12)17/h5,16H,1,6-9H2,2-4H3. The van der Waals surface area contributed by atoms with Gasteiger partial charge >= 0.3 is 0 Å². The van der Waals surface area contributed by atoms with E-state index in [0.29, 0.717) is 25.9 Å². The number of aliphatic hydroxyl groups excluding tert-OH is 1. The lowest BCUT2D eigenvalue weighted by atomic mass is 9.76. The number of allylic oxidation sites excluding steroid dienone is 1. The van der Waals surface area contributed by atoms with E-state index in [1.807, 2.05) is 20.8 Å². The quantitative estimate of drug-likeness (QED) is 0.615. The molecule has 1 amide bonds. The van der Waals surface area contributed by atoms with E-state index >= 15 is 0 Å². The second-order valence-electron chi connectivity index (χ2n) is 5.40. The fourth-order valence-electron chi connectivity index (χ4n) is 2.20. The highest BCUT2D eigenvalue weighted by Gasteiger charge is 2.37. The van der Waals surface area contributed by atoms with Gasteiger partial charge in [0, 0.05) is 25.9 Å². The molecule has 100 valence electrons. The molecule has 0 aromatic heterocycles. The van der Waals surface area contributed by atoms with Gasteiger partial charge in [-0.15, -0.1) is 6.58 Å². The number of likely N-dealkylation sites (N-methyl/N-ethyl adjacent to an activating group) is 1. The van der Waals surface area contributed by atoms with Crippen molar-refractivity contribution in [2.45, 2.75) is 33.6 Å². The van der Waals surface area contributed by atoms with Gasteiger partial charge in [-0.1, -0.05) is 19.9 Å². The minimum Gasteiger partial charge on any atom is -0.511 e. The SMILES string of the molecule is C=CCN(CC)C(=O)C1=C(O)CC(C)(C)CC1=O. The zero-order valence-electron chi connectivity index (χ0n) is 11.3.